The van der Waals surface area contributed by atoms with E-state index in [9.17, 15) is 4.39 Å². The number of fused-ring (bicyclic) bond motifs is 1. The standard InChI is InChI=1S/C10H13FN2S/c1-10(11,8-4-14-5-13-8)9-6-2-7(9)12-3-6/h4-7,9,12H,2-3H2,1H3. The summed E-state index contributed by atoms with van der Waals surface area (Å²) in [6.45, 7) is 2.66. The molecule has 3 aliphatic rings. The molecule has 0 aromatic carbocycles. The predicted octanol–water partition coefficient (Wildman–Crippen LogP) is 1.94. The van der Waals surface area contributed by atoms with Crippen LogP contribution >= 0.6 is 11.3 Å². The number of nitrogens with one attached hydrogen (secondary N) is 1. The molecule has 0 amide bonds. The van der Waals surface area contributed by atoms with Gasteiger partial charge in [-0.2, -0.15) is 0 Å². The SMILES string of the molecule is CC(F)(c1cscn1)C1C2CNC1C2. The van der Waals surface area contributed by atoms with E-state index in [-0.39, 0.29) is 5.92 Å². The fraction of sp³-hybridized carbons (Fsp3) is 0.700. The normalized spacial score (nSPS) is 39.1. The summed E-state index contributed by atoms with van der Waals surface area (Å²) in [7, 11) is 0. The Morgan fingerprint density at radius 1 is 1.71 bits per heavy atom. The minimum absolute atomic E-state index is 0.143. The summed E-state index contributed by atoms with van der Waals surface area (Å²) < 4.78 is 14.5. The first-order valence-corrected chi connectivity index (χ1v) is 5.95. The van der Waals surface area contributed by atoms with E-state index in [1.807, 2.05) is 5.38 Å². The van der Waals surface area contributed by atoms with Crippen LogP contribution in [0.4, 0.5) is 4.39 Å². The van der Waals surface area contributed by atoms with Crippen molar-refractivity contribution >= 4 is 11.3 Å². The Kier molecular flexibility index (Phi) is 1.74. The molecule has 4 unspecified atom stereocenters. The Morgan fingerprint density at radius 2 is 2.57 bits per heavy atom. The molecule has 0 spiro atoms. The molecular formula is C10H13FN2S. The molecule has 14 heavy (non-hydrogen) atoms. The highest BCUT2D eigenvalue weighted by atomic mass is 32.1. The van der Waals surface area contributed by atoms with Crippen LogP contribution in [0.5, 0.6) is 0 Å². The lowest BCUT2D eigenvalue weighted by Gasteiger charge is -2.42. The number of thiazole rings is 1. The maximum absolute atomic E-state index is 14.5. The zero-order valence-corrected chi connectivity index (χ0v) is 8.85. The fourth-order valence-electron chi connectivity index (χ4n) is 2.92. The van der Waals surface area contributed by atoms with E-state index < -0.39 is 5.67 Å². The molecule has 2 nitrogen and oxygen atoms in total. The Labute approximate surface area is 86.5 Å². The molecule has 1 aromatic heterocycles. The van der Waals surface area contributed by atoms with Crippen molar-refractivity contribution in [1.82, 2.24) is 10.3 Å². The molecule has 76 valence electrons. The molecule has 3 fully saturated rings. The van der Waals surface area contributed by atoms with Crippen molar-refractivity contribution in [3.63, 3.8) is 0 Å². The fourth-order valence-corrected chi connectivity index (χ4v) is 3.58. The lowest BCUT2D eigenvalue weighted by molar-refractivity contribution is 0.00572. The van der Waals surface area contributed by atoms with Gasteiger partial charge in [0.2, 0.25) is 0 Å². The van der Waals surface area contributed by atoms with Crippen molar-refractivity contribution in [2.24, 2.45) is 11.8 Å². The van der Waals surface area contributed by atoms with Gasteiger partial charge in [-0.25, -0.2) is 9.37 Å². The van der Waals surface area contributed by atoms with Gasteiger partial charge >= 0.3 is 0 Å². The number of hydrogen-bond acceptors (Lipinski definition) is 3. The van der Waals surface area contributed by atoms with Crippen molar-refractivity contribution in [1.29, 1.82) is 0 Å². The molecule has 1 N–H and O–H groups in total. The third-order valence-electron chi connectivity index (χ3n) is 3.70. The lowest BCUT2D eigenvalue weighted by atomic mass is 9.65. The number of aromatic nitrogens is 1. The number of rotatable bonds is 2. The van der Waals surface area contributed by atoms with Gasteiger partial charge in [-0.1, -0.05) is 0 Å². The molecule has 0 radical (unpaired) electrons. The molecule has 2 saturated heterocycles. The minimum atomic E-state index is -1.24. The van der Waals surface area contributed by atoms with E-state index >= 15 is 0 Å². The average Bonchev–Trinajstić information content (AvgIpc) is 2.81. The van der Waals surface area contributed by atoms with E-state index in [0.717, 1.165) is 13.0 Å². The number of alkyl halides is 1. The van der Waals surface area contributed by atoms with Crippen molar-refractivity contribution < 1.29 is 4.39 Å². The van der Waals surface area contributed by atoms with E-state index in [2.05, 4.69) is 10.3 Å². The number of nitrogens with zero attached hydrogens (tertiary/aromatic N) is 1. The Bertz CT molecular complexity index is 322. The van der Waals surface area contributed by atoms with Crippen molar-refractivity contribution in [3.05, 3.63) is 16.6 Å². The van der Waals surface area contributed by atoms with Gasteiger partial charge < -0.3 is 5.32 Å². The summed E-state index contributed by atoms with van der Waals surface area (Å²) in [5, 5.41) is 5.18. The van der Waals surface area contributed by atoms with Gasteiger partial charge in [0.1, 0.15) is 0 Å². The number of hydrogen-bond donors (Lipinski definition) is 1. The third-order valence-corrected chi connectivity index (χ3v) is 4.29. The highest BCUT2D eigenvalue weighted by Crippen LogP contribution is 2.51. The zero-order chi connectivity index (χ0) is 9.76. The molecule has 4 atom stereocenters. The predicted molar refractivity (Wildman–Crippen MR) is 54.0 cm³/mol. The second kappa shape index (κ2) is 2.76. The Balaban J connectivity index is 1.90. The summed E-state index contributed by atoms with van der Waals surface area (Å²) >= 11 is 1.47. The topological polar surface area (TPSA) is 24.9 Å². The molecule has 2 aliphatic heterocycles. The maximum atomic E-state index is 14.5. The van der Waals surface area contributed by atoms with Crippen LogP contribution in [0.25, 0.3) is 0 Å². The molecule has 1 aliphatic carbocycles. The van der Waals surface area contributed by atoms with Gasteiger partial charge in [-0.05, 0) is 25.8 Å². The van der Waals surface area contributed by atoms with Gasteiger partial charge in [0.05, 0.1) is 11.2 Å². The van der Waals surface area contributed by atoms with Crippen LogP contribution in [0.2, 0.25) is 0 Å². The van der Waals surface area contributed by atoms with Gasteiger partial charge in [0.15, 0.2) is 5.67 Å². The van der Waals surface area contributed by atoms with Crippen LogP contribution in [0.3, 0.4) is 0 Å². The molecule has 2 bridgehead atoms. The van der Waals surface area contributed by atoms with Crippen molar-refractivity contribution in [2.45, 2.75) is 25.1 Å². The maximum Gasteiger partial charge on any atom is 0.155 e. The lowest BCUT2D eigenvalue weighted by Crippen LogP contribution is -2.47. The van der Waals surface area contributed by atoms with Crippen LogP contribution in [0, 0.1) is 11.8 Å². The average molecular weight is 212 g/mol. The highest BCUT2D eigenvalue weighted by Gasteiger charge is 2.57. The summed E-state index contributed by atoms with van der Waals surface area (Å²) in [5.74, 6) is 0.668. The van der Waals surface area contributed by atoms with E-state index in [0.29, 0.717) is 17.7 Å². The quantitative estimate of drug-likeness (QED) is 0.810. The smallest absolute Gasteiger partial charge is 0.155 e. The summed E-state index contributed by atoms with van der Waals surface area (Å²) in [4.78, 5) is 4.10. The highest BCUT2D eigenvalue weighted by molar-refractivity contribution is 7.07. The first kappa shape index (κ1) is 8.80. The van der Waals surface area contributed by atoms with Gasteiger partial charge in [0, 0.05) is 17.3 Å². The second-order valence-corrected chi connectivity index (χ2v) is 5.20. The zero-order valence-electron chi connectivity index (χ0n) is 8.03. The molecular weight excluding hydrogens is 199 g/mol. The van der Waals surface area contributed by atoms with Crippen molar-refractivity contribution in [2.75, 3.05) is 6.54 Å². The van der Waals surface area contributed by atoms with Crippen molar-refractivity contribution in [3.8, 4) is 0 Å². The number of halogens is 1. The molecule has 3 heterocycles. The Hall–Kier alpha value is -0.480. The van der Waals surface area contributed by atoms with E-state index in [1.165, 1.54) is 11.3 Å². The van der Waals surface area contributed by atoms with Crippen LogP contribution < -0.4 is 5.32 Å². The van der Waals surface area contributed by atoms with Gasteiger partial charge in [-0.3, -0.25) is 0 Å². The largest absolute Gasteiger partial charge is 0.313 e. The molecule has 1 aromatic rings. The van der Waals surface area contributed by atoms with Crippen LogP contribution in [0.15, 0.2) is 10.9 Å². The first-order valence-electron chi connectivity index (χ1n) is 5.00. The molecule has 1 saturated carbocycles. The van der Waals surface area contributed by atoms with E-state index in [4.69, 9.17) is 0 Å². The van der Waals surface area contributed by atoms with Crippen LogP contribution in [0.1, 0.15) is 19.0 Å². The molecule has 4 heteroatoms. The minimum Gasteiger partial charge on any atom is -0.313 e. The summed E-state index contributed by atoms with van der Waals surface area (Å²) in [6.07, 6.45) is 1.15. The second-order valence-electron chi connectivity index (χ2n) is 4.49. The third kappa shape index (κ3) is 1.01. The van der Waals surface area contributed by atoms with E-state index in [1.54, 1.807) is 12.4 Å². The molecule has 4 rings (SSSR count). The monoisotopic (exact) mass is 212 g/mol. The van der Waals surface area contributed by atoms with Crippen LogP contribution in [-0.2, 0) is 5.67 Å². The Morgan fingerprint density at radius 3 is 3.07 bits per heavy atom. The van der Waals surface area contributed by atoms with Gasteiger partial charge in [-0.15, -0.1) is 11.3 Å². The summed E-state index contributed by atoms with van der Waals surface area (Å²) in [5.41, 5.74) is 1.09. The van der Waals surface area contributed by atoms with Crippen LogP contribution in [-0.4, -0.2) is 17.6 Å². The van der Waals surface area contributed by atoms with Gasteiger partial charge in [0.25, 0.3) is 0 Å². The summed E-state index contributed by atoms with van der Waals surface area (Å²) in [6, 6.07) is 0.386. The first-order chi connectivity index (χ1) is 6.69.